The van der Waals surface area contributed by atoms with Gasteiger partial charge in [-0.3, -0.25) is 4.90 Å². The minimum absolute atomic E-state index is 0.530. The van der Waals surface area contributed by atoms with E-state index < -0.39 is 0 Å². The van der Waals surface area contributed by atoms with Crippen molar-refractivity contribution in [2.24, 2.45) is 0 Å². The van der Waals surface area contributed by atoms with Crippen LogP contribution in [0.5, 0.6) is 0 Å². The summed E-state index contributed by atoms with van der Waals surface area (Å²) in [5.41, 5.74) is 0. The standard InChI is InChI=1S/C13H24N2O/c1-3-11(14-7-1)9-15(12-5-6-12)10-13-4-2-8-16-13/h11-14H,1-10H2. The lowest BCUT2D eigenvalue weighted by Gasteiger charge is -2.27. The zero-order chi connectivity index (χ0) is 10.8. The quantitative estimate of drug-likeness (QED) is 0.763. The van der Waals surface area contributed by atoms with Crippen LogP contribution in [0.4, 0.5) is 0 Å². The normalized spacial score (nSPS) is 35.1. The van der Waals surface area contributed by atoms with Crippen molar-refractivity contribution in [1.29, 1.82) is 0 Å². The van der Waals surface area contributed by atoms with Crippen LogP contribution < -0.4 is 5.32 Å². The van der Waals surface area contributed by atoms with Gasteiger partial charge in [0, 0.05) is 31.8 Å². The molecule has 1 saturated carbocycles. The smallest absolute Gasteiger partial charge is 0.0702 e. The molecule has 0 aromatic heterocycles. The molecule has 3 rings (SSSR count). The van der Waals surface area contributed by atoms with E-state index in [4.69, 9.17) is 4.74 Å². The van der Waals surface area contributed by atoms with Gasteiger partial charge in [-0.15, -0.1) is 0 Å². The van der Waals surface area contributed by atoms with E-state index >= 15 is 0 Å². The Labute approximate surface area is 98.5 Å². The molecule has 92 valence electrons. The first kappa shape index (κ1) is 11.0. The summed E-state index contributed by atoms with van der Waals surface area (Å²) >= 11 is 0. The Hall–Kier alpha value is -0.120. The van der Waals surface area contributed by atoms with Crippen LogP contribution in [-0.4, -0.2) is 49.3 Å². The highest BCUT2D eigenvalue weighted by molar-refractivity contribution is 4.90. The first-order valence-electron chi connectivity index (χ1n) is 7.01. The summed E-state index contributed by atoms with van der Waals surface area (Å²) in [5.74, 6) is 0. The predicted molar refractivity (Wildman–Crippen MR) is 64.6 cm³/mol. The van der Waals surface area contributed by atoms with Crippen molar-refractivity contribution in [2.45, 2.75) is 56.7 Å². The highest BCUT2D eigenvalue weighted by Gasteiger charge is 2.33. The van der Waals surface area contributed by atoms with Gasteiger partial charge < -0.3 is 10.1 Å². The number of nitrogens with one attached hydrogen (secondary N) is 1. The summed E-state index contributed by atoms with van der Waals surface area (Å²) in [6.07, 6.45) is 8.64. The monoisotopic (exact) mass is 224 g/mol. The third kappa shape index (κ3) is 2.76. The van der Waals surface area contributed by atoms with E-state index in [0.717, 1.165) is 18.7 Å². The molecule has 0 spiro atoms. The Morgan fingerprint density at radius 3 is 2.62 bits per heavy atom. The molecular formula is C13H24N2O. The van der Waals surface area contributed by atoms with Gasteiger partial charge in [0.2, 0.25) is 0 Å². The fourth-order valence-corrected chi connectivity index (χ4v) is 3.06. The van der Waals surface area contributed by atoms with E-state index in [0.29, 0.717) is 6.10 Å². The van der Waals surface area contributed by atoms with E-state index in [1.165, 1.54) is 58.2 Å². The van der Waals surface area contributed by atoms with Gasteiger partial charge >= 0.3 is 0 Å². The molecule has 2 unspecified atom stereocenters. The Kier molecular flexibility index (Phi) is 3.46. The van der Waals surface area contributed by atoms with Crippen molar-refractivity contribution in [2.75, 3.05) is 26.2 Å². The van der Waals surface area contributed by atoms with Crippen molar-refractivity contribution in [3.05, 3.63) is 0 Å². The average molecular weight is 224 g/mol. The van der Waals surface area contributed by atoms with Crippen LogP contribution in [0.25, 0.3) is 0 Å². The first-order valence-corrected chi connectivity index (χ1v) is 7.01. The summed E-state index contributed by atoms with van der Waals surface area (Å²) < 4.78 is 5.76. The number of hydrogen-bond donors (Lipinski definition) is 1. The molecule has 0 radical (unpaired) electrons. The number of ether oxygens (including phenoxy) is 1. The van der Waals surface area contributed by atoms with Gasteiger partial charge in [-0.25, -0.2) is 0 Å². The van der Waals surface area contributed by atoms with Crippen molar-refractivity contribution in [3.63, 3.8) is 0 Å². The lowest BCUT2D eigenvalue weighted by molar-refractivity contribution is 0.0675. The molecule has 2 saturated heterocycles. The van der Waals surface area contributed by atoms with Crippen LogP contribution in [0.2, 0.25) is 0 Å². The molecule has 0 amide bonds. The van der Waals surface area contributed by atoms with Gasteiger partial charge in [0.25, 0.3) is 0 Å². The zero-order valence-electron chi connectivity index (χ0n) is 10.2. The van der Waals surface area contributed by atoms with E-state index in [1.807, 2.05) is 0 Å². The molecule has 3 aliphatic rings. The molecule has 0 aromatic rings. The SMILES string of the molecule is C1CNC(CN(CC2CCCO2)C2CC2)C1. The van der Waals surface area contributed by atoms with E-state index in [2.05, 4.69) is 10.2 Å². The first-order chi connectivity index (χ1) is 7.92. The molecule has 3 heteroatoms. The van der Waals surface area contributed by atoms with Crippen molar-refractivity contribution < 1.29 is 4.74 Å². The van der Waals surface area contributed by atoms with Gasteiger partial charge in [-0.1, -0.05) is 0 Å². The Morgan fingerprint density at radius 2 is 2.00 bits per heavy atom. The third-order valence-electron chi connectivity index (χ3n) is 4.14. The molecular weight excluding hydrogens is 200 g/mol. The predicted octanol–water partition coefficient (Wildman–Crippen LogP) is 1.38. The second kappa shape index (κ2) is 5.03. The molecule has 3 fully saturated rings. The average Bonchev–Trinajstić information content (AvgIpc) is 2.79. The zero-order valence-corrected chi connectivity index (χ0v) is 10.2. The summed E-state index contributed by atoms with van der Waals surface area (Å²) in [4.78, 5) is 2.69. The van der Waals surface area contributed by atoms with Gasteiger partial charge in [0.15, 0.2) is 0 Å². The highest BCUT2D eigenvalue weighted by Crippen LogP contribution is 2.29. The van der Waals surface area contributed by atoms with Crippen LogP contribution in [0.1, 0.15) is 38.5 Å². The van der Waals surface area contributed by atoms with Gasteiger partial charge in [0.1, 0.15) is 0 Å². The van der Waals surface area contributed by atoms with E-state index in [1.54, 1.807) is 0 Å². The lowest BCUT2D eigenvalue weighted by Crippen LogP contribution is -2.42. The van der Waals surface area contributed by atoms with Crippen molar-refractivity contribution in [1.82, 2.24) is 10.2 Å². The summed E-state index contributed by atoms with van der Waals surface area (Å²) in [7, 11) is 0. The maximum absolute atomic E-state index is 5.76. The van der Waals surface area contributed by atoms with Crippen LogP contribution in [0, 0.1) is 0 Å². The van der Waals surface area contributed by atoms with Gasteiger partial charge in [-0.05, 0) is 45.1 Å². The summed E-state index contributed by atoms with van der Waals surface area (Å²) in [6, 6.07) is 1.63. The molecule has 16 heavy (non-hydrogen) atoms. The minimum Gasteiger partial charge on any atom is -0.377 e. The van der Waals surface area contributed by atoms with Crippen molar-refractivity contribution in [3.8, 4) is 0 Å². The van der Waals surface area contributed by atoms with Crippen LogP contribution in [-0.2, 0) is 4.74 Å². The largest absolute Gasteiger partial charge is 0.377 e. The topological polar surface area (TPSA) is 24.5 Å². The third-order valence-corrected chi connectivity index (χ3v) is 4.14. The molecule has 0 aromatic carbocycles. The molecule has 1 N–H and O–H groups in total. The molecule has 2 heterocycles. The Morgan fingerprint density at radius 1 is 1.06 bits per heavy atom. The molecule has 2 aliphatic heterocycles. The van der Waals surface area contributed by atoms with E-state index in [9.17, 15) is 0 Å². The fourth-order valence-electron chi connectivity index (χ4n) is 3.06. The summed E-state index contributed by atoms with van der Waals surface area (Å²) in [6.45, 7) is 4.65. The molecule has 3 nitrogen and oxygen atoms in total. The van der Waals surface area contributed by atoms with Crippen LogP contribution in [0.3, 0.4) is 0 Å². The van der Waals surface area contributed by atoms with Gasteiger partial charge in [0.05, 0.1) is 6.10 Å². The summed E-state index contributed by atoms with van der Waals surface area (Å²) in [5, 5.41) is 3.61. The van der Waals surface area contributed by atoms with Crippen LogP contribution >= 0.6 is 0 Å². The Bertz CT molecular complexity index is 200. The maximum atomic E-state index is 5.76. The molecule has 1 aliphatic carbocycles. The highest BCUT2D eigenvalue weighted by atomic mass is 16.5. The van der Waals surface area contributed by atoms with Crippen LogP contribution in [0.15, 0.2) is 0 Å². The maximum Gasteiger partial charge on any atom is 0.0702 e. The van der Waals surface area contributed by atoms with Gasteiger partial charge in [-0.2, -0.15) is 0 Å². The van der Waals surface area contributed by atoms with Crippen molar-refractivity contribution >= 4 is 0 Å². The number of rotatable bonds is 5. The van der Waals surface area contributed by atoms with E-state index in [-0.39, 0.29) is 0 Å². The number of hydrogen-bond acceptors (Lipinski definition) is 3. The fraction of sp³-hybridized carbons (Fsp3) is 1.00. The number of nitrogens with zero attached hydrogens (tertiary/aromatic N) is 1. The second-order valence-electron chi connectivity index (χ2n) is 5.61. The second-order valence-corrected chi connectivity index (χ2v) is 5.61. The molecule has 0 bridgehead atoms. The lowest BCUT2D eigenvalue weighted by atomic mass is 10.2. The molecule has 2 atom stereocenters. The minimum atomic E-state index is 0.530. The Balaban J connectivity index is 1.49.